The van der Waals surface area contributed by atoms with Gasteiger partial charge in [0.05, 0.1) is 11.7 Å². The quantitative estimate of drug-likeness (QED) is 0.654. The van der Waals surface area contributed by atoms with Gasteiger partial charge in [0.15, 0.2) is 0 Å². The molecular weight excluding hydrogens is 392 g/mol. The first-order valence-corrected chi connectivity index (χ1v) is 10.6. The lowest BCUT2D eigenvalue weighted by molar-refractivity contribution is 0.0251. The minimum Gasteiger partial charge on any atom is -0.481 e. The fourth-order valence-corrected chi connectivity index (χ4v) is 4.29. The fourth-order valence-electron chi connectivity index (χ4n) is 3.07. The van der Waals surface area contributed by atoms with Gasteiger partial charge in [-0.05, 0) is 56.3 Å². The number of nitrogens with zero attached hydrogens (tertiary/aromatic N) is 1. The molecule has 5 nitrogen and oxygen atoms in total. The first-order chi connectivity index (χ1) is 13.2. The van der Waals surface area contributed by atoms with Gasteiger partial charge in [-0.25, -0.2) is 4.79 Å². The van der Waals surface area contributed by atoms with E-state index in [1.807, 2.05) is 63.4 Å². The van der Waals surface area contributed by atoms with E-state index in [9.17, 15) is 4.79 Å². The lowest BCUT2D eigenvalue weighted by Crippen LogP contribution is -2.37. The number of thiocarbonyl (C=S) groups is 1. The first-order valence-electron chi connectivity index (χ1n) is 9.30. The molecular formula is C21H26N2O3S2. The van der Waals surface area contributed by atoms with Crippen LogP contribution in [0.5, 0.6) is 5.75 Å². The van der Waals surface area contributed by atoms with Gasteiger partial charge in [-0.3, -0.25) is 4.90 Å². The average molecular weight is 419 g/mol. The second kappa shape index (κ2) is 8.09. The number of amides is 1. The Hall–Kier alpha value is -2.12. The first kappa shape index (κ1) is 20.6. The Morgan fingerprint density at radius 2 is 2.14 bits per heavy atom. The molecule has 2 unspecified atom stereocenters. The van der Waals surface area contributed by atoms with Crippen LogP contribution in [0.15, 0.2) is 35.7 Å². The number of nitrogens with one attached hydrogen (secondary N) is 1. The van der Waals surface area contributed by atoms with Crippen molar-refractivity contribution in [1.82, 2.24) is 4.90 Å². The van der Waals surface area contributed by atoms with Gasteiger partial charge in [0.1, 0.15) is 22.4 Å². The van der Waals surface area contributed by atoms with Crippen LogP contribution >= 0.6 is 23.6 Å². The van der Waals surface area contributed by atoms with Crippen LogP contribution in [0.1, 0.15) is 50.6 Å². The Morgan fingerprint density at radius 3 is 2.75 bits per heavy atom. The Morgan fingerprint density at radius 1 is 1.39 bits per heavy atom. The smallest absolute Gasteiger partial charge is 0.410 e. The molecule has 0 radical (unpaired) electrons. The third kappa shape index (κ3) is 4.47. The molecule has 0 saturated carbocycles. The van der Waals surface area contributed by atoms with Crippen LogP contribution in [-0.2, 0) is 4.74 Å². The van der Waals surface area contributed by atoms with Crippen molar-refractivity contribution in [2.45, 2.75) is 51.9 Å². The highest BCUT2D eigenvalue weighted by Crippen LogP contribution is 2.38. The number of ether oxygens (including phenoxy) is 2. The van der Waals surface area contributed by atoms with Crippen LogP contribution < -0.4 is 10.1 Å². The largest absolute Gasteiger partial charge is 0.481 e. The molecule has 1 aliphatic rings. The third-order valence-electron chi connectivity index (χ3n) is 4.39. The molecule has 0 spiro atoms. The lowest BCUT2D eigenvalue weighted by Gasteiger charge is -2.32. The van der Waals surface area contributed by atoms with E-state index in [1.165, 1.54) is 0 Å². The number of thiophene rings is 1. The fraction of sp³-hybridized carbons (Fsp3) is 0.429. The van der Waals surface area contributed by atoms with E-state index >= 15 is 0 Å². The van der Waals surface area contributed by atoms with Crippen molar-refractivity contribution in [2.75, 3.05) is 12.4 Å². The summed E-state index contributed by atoms with van der Waals surface area (Å²) in [6, 6.07) is 9.67. The van der Waals surface area contributed by atoms with Crippen LogP contribution in [0.3, 0.4) is 0 Å². The molecule has 2 aromatic rings. The summed E-state index contributed by atoms with van der Waals surface area (Å²) in [4.78, 5) is 16.1. The Kier molecular flexibility index (Phi) is 5.95. The van der Waals surface area contributed by atoms with Gasteiger partial charge in [0, 0.05) is 11.9 Å². The van der Waals surface area contributed by atoms with E-state index in [0.717, 1.165) is 28.3 Å². The van der Waals surface area contributed by atoms with E-state index in [-0.39, 0.29) is 18.2 Å². The number of hydrogen-bond acceptors (Lipinski definition) is 5. The molecule has 0 aliphatic carbocycles. The van der Waals surface area contributed by atoms with Crippen molar-refractivity contribution < 1.29 is 14.3 Å². The summed E-state index contributed by atoms with van der Waals surface area (Å²) in [6.45, 7) is 7.64. The van der Waals surface area contributed by atoms with Crippen molar-refractivity contribution in [3.8, 4) is 5.75 Å². The Labute approximate surface area is 175 Å². The standard InChI is InChI=1S/C21H26N2O3S2/c1-6-15-19(27)22-14-12-13(9-10-16(14)25-15)18(17-8-7-11-28-17)23(5)20(24)26-21(2,3)4/h7-12,15,18H,6H2,1-5H3,(H,22,27). The van der Waals surface area contributed by atoms with E-state index in [1.54, 1.807) is 23.3 Å². The molecule has 3 rings (SSSR count). The number of fused-ring (bicyclic) bond motifs is 1. The molecule has 7 heteroatoms. The lowest BCUT2D eigenvalue weighted by atomic mass is 10.0. The Balaban J connectivity index is 1.95. The number of benzene rings is 1. The maximum absolute atomic E-state index is 12.7. The molecule has 0 bridgehead atoms. The SMILES string of the molecule is CCC1Oc2ccc(C(c3cccs3)N(C)C(=O)OC(C)(C)C)cc2NC1=S. The molecule has 1 aromatic carbocycles. The minimum atomic E-state index is -0.558. The normalized spacial score (nSPS) is 17.2. The van der Waals surface area contributed by atoms with E-state index in [2.05, 4.69) is 5.32 Å². The summed E-state index contributed by atoms with van der Waals surface area (Å²) >= 11 is 7.03. The number of carbonyl (C=O) groups excluding carboxylic acids is 1. The number of hydrogen-bond donors (Lipinski definition) is 1. The number of anilines is 1. The van der Waals surface area contributed by atoms with Gasteiger partial charge >= 0.3 is 6.09 Å². The van der Waals surface area contributed by atoms with Crippen LogP contribution in [0.4, 0.5) is 10.5 Å². The van der Waals surface area contributed by atoms with E-state index in [0.29, 0.717) is 4.99 Å². The van der Waals surface area contributed by atoms with Crippen LogP contribution in [0.25, 0.3) is 0 Å². The molecule has 2 atom stereocenters. The van der Waals surface area contributed by atoms with Gasteiger partial charge in [-0.15, -0.1) is 11.3 Å². The maximum Gasteiger partial charge on any atom is 0.410 e. The third-order valence-corrected chi connectivity index (χ3v) is 5.68. The second-order valence-electron chi connectivity index (χ2n) is 7.77. The highest BCUT2D eigenvalue weighted by atomic mass is 32.1. The molecule has 1 aliphatic heterocycles. The average Bonchev–Trinajstić information content (AvgIpc) is 3.13. The molecule has 150 valence electrons. The topological polar surface area (TPSA) is 50.8 Å². The van der Waals surface area contributed by atoms with E-state index < -0.39 is 5.60 Å². The van der Waals surface area contributed by atoms with Crippen LogP contribution in [0.2, 0.25) is 0 Å². The molecule has 1 N–H and O–H groups in total. The van der Waals surface area contributed by atoms with Gasteiger partial charge in [0.2, 0.25) is 0 Å². The van der Waals surface area contributed by atoms with Crippen LogP contribution in [0, 0.1) is 0 Å². The summed E-state index contributed by atoms with van der Waals surface area (Å²) in [6.07, 6.45) is 0.340. The molecule has 0 fully saturated rings. The molecule has 1 amide bonds. The molecule has 2 heterocycles. The maximum atomic E-state index is 12.7. The zero-order valence-corrected chi connectivity index (χ0v) is 18.4. The second-order valence-corrected chi connectivity index (χ2v) is 9.19. The summed E-state index contributed by atoms with van der Waals surface area (Å²) in [5.41, 5.74) is 1.23. The highest BCUT2D eigenvalue weighted by molar-refractivity contribution is 7.80. The zero-order valence-electron chi connectivity index (χ0n) is 16.8. The summed E-state index contributed by atoms with van der Waals surface area (Å²) in [5, 5.41) is 5.29. The van der Waals surface area contributed by atoms with Crippen molar-refractivity contribution in [1.29, 1.82) is 0 Å². The van der Waals surface area contributed by atoms with Gasteiger partial charge in [-0.2, -0.15) is 0 Å². The van der Waals surface area contributed by atoms with Gasteiger partial charge in [-0.1, -0.05) is 31.3 Å². The molecule has 28 heavy (non-hydrogen) atoms. The predicted octanol–water partition coefficient (Wildman–Crippen LogP) is 5.61. The highest BCUT2D eigenvalue weighted by Gasteiger charge is 2.30. The zero-order chi connectivity index (χ0) is 20.5. The predicted molar refractivity (Wildman–Crippen MR) is 118 cm³/mol. The Bertz CT molecular complexity index is 859. The number of carbonyl (C=O) groups is 1. The summed E-state index contributed by atoms with van der Waals surface area (Å²) in [7, 11) is 1.76. The molecule has 0 saturated heterocycles. The summed E-state index contributed by atoms with van der Waals surface area (Å²) < 4.78 is 11.6. The van der Waals surface area contributed by atoms with E-state index in [4.69, 9.17) is 21.7 Å². The van der Waals surface area contributed by atoms with Crippen LogP contribution in [-0.4, -0.2) is 34.7 Å². The molecule has 1 aromatic heterocycles. The minimum absolute atomic E-state index is 0.106. The van der Waals surface area contributed by atoms with Crippen molar-refractivity contribution in [3.05, 3.63) is 46.2 Å². The monoisotopic (exact) mass is 418 g/mol. The van der Waals surface area contributed by atoms with Gasteiger partial charge < -0.3 is 14.8 Å². The van der Waals surface area contributed by atoms with Gasteiger partial charge in [0.25, 0.3) is 0 Å². The summed E-state index contributed by atoms with van der Waals surface area (Å²) in [5.74, 6) is 0.772. The number of rotatable bonds is 4. The van der Waals surface area contributed by atoms with Crippen molar-refractivity contribution in [3.63, 3.8) is 0 Å². The van der Waals surface area contributed by atoms with Crippen molar-refractivity contribution >= 4 is 40.3 Å². The van der Waals surface area contributed by atoms with Crippen molar-refractivity contribution in [2.24, 2.45) is 0 Å².